The molecule has 0 aliphatic heterocycles. The Morgan fingerprint density at radius 3 is 0.429 bits per heavy atom. The van der Waals surface area contributed by atoms with Crippen molar-refractivity contribution in [1.29, 1.82) is 0 Å². The summed E-state index contributed by atoms with van der Waals surface area (Å²) in [6, 6.07) is 0. The number of rotatable bonds is 0. The standard InChI is InChI=1S/4H2O4S.W/c4*1-5(2,3)4;/h4*(H2,1,2,3,4);/p-4. The maximum absolute atomic E-state index is 8.63. The maximum atomic E-state index is 8.63. The molecule has 4 N–H and O–H groups in total. The molecular formula is H4O16S4W-4. The van der Waals surface area contributed by atoms with Gasteiger partial charge in [0.05, 0.1) is 0 Å². The smallest absolute Gasteiger partial charge is 0.215 e. The molecule has 0 aromatic carbocycles. The van der Waals surface area contributed by atoms with Crippen molar-refractivity contribution >= 4 is 41.6 Å². The van der Waals surface area contributed by atoms with Crippen molar-refractivity contribution in [2.24, 2.45) is 0 Å². The minimum Gasteiger partial charge on any atom is -0.726 e. The van der Waals surface area contributed by atoms with Gasteiger partial charge in [-0.1, -0.05) is 0 Å². The van der Waals surface area contributed by atoms with Crippen LogP contribution in [-0.4, -0.2) is 70.1 Å². The van der Waals surface area contributed by atoms with Crippen LogP contribution < -0.4 is 0 Å². The van der Waals surface area contributed by atoms with Crippen LogP contribution in [0.1, 0.15) is 0 Å². The summed E-state index contributed by atoms with van der Waals surface area (Å²) < 4.78 is 131. The van der Waals surface area contributed by atoms with Gasteiger partial charge >= 0.3 is 0 Å². The van der Waals surface area contributed by atoms with Crippen molar-refractivity contribution in [3.8, 4) is 0 Å². The van der Waals surface area contributed by atoms with E-state index in [4.69, 9.17) is 70.1 Å². The molecule has 21 heavy (non-hydrogen) atoms. The molecule has 0 atom stereocenters. The Balaban J connectivity index is -0.0000000533. The van der Waals surface area contributed by atoms with E-state index < -0.39 is 41.6 Å². The van der Waals surface area contributed by atoms with Gasteiger partial charge in [-0.25, -0.2) is 33.7 Å². The SMILES string of the molecule is O=S(=O)([O-])O.O=S(=O)([O-])O.O=S(=O)([O-])O.O=S(=O)([O-])O.[W]. The predicted molar refractivity (Wildman–Crippen MR) is 49.3 cm³/mol. The van der Waals surface area contributed by atoms with Crippen molar-refractivity contribution in [2.45, 2.75) is 0 Å². The summed E-state index contributed by atoms with van der Waals surface area (Å²) in [5.41, 5.74) is 0. The summed E-state index contributed by atoms with van der Waals surface area (Å²) >= 11 is 0. The summed E-state index contributed by atoms with van der Waals surface area (Å²) in [4.78, 5) is 0. The maximum Gasteiger partial charge on any atom is 0.215 e. The minimum atomic E-state index is -4.92. The van der Waals surface area contributed by atoms with Crippen LogP contribution in [0.15, 0.2) is 0 Å². The van der Waals surface area contributed by atoms with Gasteiger partial charge in [0.2, 0.25) is 41.6 Å². The largest absolute Gasteiger partial charge is 0.726 e. The number of hydrogen-bond donors (Lipinski definition) is 4. The third kappa shape index (κ3) is 235000. The van der Waals surface area contributed by atoms with E-state index in [9.17, 15) is 0 Å². The Kier molecular flexibility index (Phi) is 19.9. The normalized spacial score (nSPS) is 11.0. The first-order valence-corrected chi connectivity index (χ1v) is 8.19. The van der Waals surface area contributed by atoms with E-state index in [2.05, 4.69) is 0 Å². The Labute approximate surface area is 132 Å². The molecule has 0 aromatic heterocycles. The Morgan fingerprint density at radius 1 is 0.429 bits per heavy atom. The van der Waals surface area contributed by atoms with E-state index in [1.165, 1.54) is 0 Å². The third-order valence-corrected chi connectivity index (χ3v) is 0. The molecule has 0 radical (unpaired) electrons. The Hall–Kier alpha value is 0.168. The first kappa shape index (κ1) is 32.9. The van der Waals surface area contributed by atoms with Crippen LogP contribution >= 0.6 is 0 Å². The van der Waals surface area contributed by atoms with Gasteiger partial charge in [0.25, 0.3) is 0 Å². The van der Waals surface area contributed by atoms with Gasteiger partial charge in [-0.05, 0) is 0 Å². The fourth-order valence-electron chi connectivity index (χ4n) is 0. The van der Waals surface area contributed by atoms with Gasteiger partial charge in [0, 0.05) is 21.1 Å². The van der Waals surface area contributed by atoms with Gasteiger partial charge in [0.15, 0.2) is 0 Å². The molecule has 134 valence electrons. The van der Waals surface area contributed by atoms with Crippen molar-refractivity contribution in [3.05, 3.63) is 0 Å². The monoisotopic (exact) mass is 572 g/mol. The van der Waals surface area contributed by atoms with Gasteiger partial charge in [-0.2, -0.15) is 0 Å². The Morgan fingerprint density at radius 2 is 0.429 bits per heavy atom. The topological polar surface area (TPSA) is 310 Å². The van der Waals surface area contributed by atoms with Crippen LogP contribution in [0, 0.1) is 0 Å². The molecule has 0 aromatic rings. The zero-order valence-electron chi connectivity index (χ0n) is 8.73. The summed E-state index contributed by atoms with van der Waals surface area (Å²) in [5.74, 6) is 0. The average Bonchev–Trinajstić information content (AvgIpc) is 1.62. The molecule has 0 amide bonds. The van der Waals surface area contributed by atoms with Gasteiger partial charge in [-0.3, -0.25) is 18.2 Å². The molecule has 0 saturated heterocycles. The molecule has 0 aliphatic rings. The van der Waals surface area contributed by atoms with Gasteiger partial charge < -0.3 is 18.2 Å². The second-order valence-electron chi connectivity index (χ2n) is 1.71. The Bertz CT molecular complexity index is 473. The summed E-state index contributed by atoms with van der Waals surface area (Å²) in [6.07, 6.45) is 0. The van der Waals surface area contributed by atoms with Crippen LogP contribution in [0.2, 0.25) is 0 Å². The van der Waals surface area contributed by atoms with E-state index in [1.54, 1.807) is 0 Å². The molecular weight excluding hydrogens is 568 g/mol. The van der Waals surface area contributed by atoms with Crippen molar-refractivity contribution in [1.82, 2.24) is 0 Å². The molecule has 0 aliphatic carbocycles. The quantitative estimate of drug-likeness (QED) is 0.159. The van der Waals surface area contributed by atoms with E-state index in [-0.39, 0.29) is 21.1 Å². The minimum absolute atomic E-state index is 0. The van der Waals surface area contributed by atoms with E-state index in [0.29, 0.717) is 0 Å². The molecule has 0 unspecified atom stereocenters. The van der Waals surface area contributed by atoms with E-state index in [0.717, 1.165) is 0 Å². The van der Waals surface area contributed by atoms with Crippen LogP contribution in [0.5, 0.6) is 0 Å². The molecule has 21 heteroatoms. The zero-order chi connectivity index (χ0) is 18.0. The molecule has 0 heterocycles. The second kappa shape index (κ2) is 12.7. The molecule has 0 spiro atoms. The fraction of sp³-hybridized carbons (Fsp3) is 0. The van der Waals surface area contributed by atoms with Crippen LogP contribution in [0.3, 0.4) is 0 Å². The summed E-state index contributed by atoms with van der Waals surface area (Å²) in [6.45, 7) is 0. The first-order chi connectivity index (χ1) is 8.00. The molecule has 0 fully saturated rings. The van der Waals surface area contributed by atoms with Gasteiger partial charge in [0.1, 0.15) is 0 Å². The molecule has 16 nitrogen and oxygen atoms in total. The van der Waals surface area contributed by atoms with Crippen molar-refractivity contribution in [2.75, 3.05) is 0 Å². The van der Waals surface area contributed by atoms with Crippen LogP contribution in [-0.2, 0) is 62.7 Å². The average molecular weight is 572 g/mol. The molecule has 0 saturated carbocycles. The predicted octanol–water partition coefficient (Wildman–Crippen LogP) is -3.98. The fourth-order valence-corrected chi connectivity index (χ4v) is 0. The zero-order valence-corrected chi connectivity index (χ0v) is 14.9. The van der Waals surface area contributed by atoms with Crippen LogP contribution in [0.25, 0.3) is 0 Å². The summed E-state index contributed by atoms with van der Waals surface area (Å²) in [7, 11) is -19.7. The second-order valence-corrected chi connectivity index (χ2v) is 5.13. The molecule has 0 rings (SSSR count). The van der Waals surface area contributed by atoms with E-state index >= 15 is 0 Å². The van der Waals surface area contributed by atoms with E-state index in [1.807, 2.05) is 0 Å². The van der Waals surface area contributed by atoms with Gasteiger partial charge in [-0.15, -0.1) is 0 Å². The number of hydrogen-bond acceptors (Lipinski definition) is 12. The first-order valence-electron chi connectivity index (χ1n) is 2.73. The summed E-state index contributed by atoms with van der Waals surface area (Å²) in [5, 5.41) is 0. The van der Waals surface area contributed by atoms with Crippen molar-refractivity contribution in [3.63, 3.8) is 0 Å². The third-order valence-electron chi connectivity index (χ3n) is 0. The van der Waals surface area contributed by atoms with Crippen LogP contribution in [0.4, 0.5) is 0 Å². The molecule has 0 bridgehead atoms. The van der Waals surface area contributed by atoms with Crippen molar-refractivity contribution < 1.29 is 91.2 Å².